The predicted molar refractivity (Wildman–Crippen MR) is 70.5 cm³/mol. The first-order chi connectivity index (χ1) is 9.14. The van der Waals surface area contributed by atoms with Crippen LogP contribution >= 0.6 is 0 Å². The molecule has 0 bridgehead atoms. The summed E-state index contributed by atoms with van der Waals surface area (Å²) in [6, 6.07) is 12.4. The Morgan fingerprint density at radius 3 is 2.58 bits per heavy atom. The van der Waals surface area contributed by atoms with E-state index in [2.05, 4.69) is 6.58 Å². The summed E-state index contributed by atoms with van der Waals surface area (Å²) in [6.45, 7) is 4.09. The number of para-hydroxylation sites is 1. The van der Waals surface area contributed by atoms with Gasteiger partial charge in [0.05, 0.1) is 12.8 Å². The topological polar surface area (TPSA) is 53.7 Å². The second-order valence-electron chi connectivity index (χ2n) is 4.52. The van der Waals surface area contributed by atoms with Crippen molar-refractivity contribution in [2.75, 3.05) is 11.4 Å². The molecule has 4 heteroatoms. The van der Waals surface area contributed by atoms with Crippen LogP contribution in [0.15, 0.2) is 65.3 Å². The highest BCUT2D eigenvalue weighted by atomic mass is 16.4. The molecule has 4 nitrogen and oxygen atoms in total. The van der Waals surface area contributed by atoms with Crippen LogP contribution in [0.1, 0.15) is 5.76 Å². The predicted octanol–water partition coefficient (Wildman–Crippen LogP) is 2.07. The third-order valence-electron chi connectivity index (χ3n) is 3.36. The van der Waals surface area contributed by atoms with Crippen molar-refractivity contribution in [2.45, 2.75) is 5.60 Å². The van der Waals surface area contributed by atoms with Crippen molar-refractivity contribution in [3.63, 3.8) is 0 Å². The number of carbonyl (C=O) groups excluding carboxylic acids is 1. The van der Waals surface area contributed by atoms with E-state index in [4.69, 9.17) is 4.42 Å². The van der Waals surface area contributed by atoms with Gasteiger partial charge in [0.1, 0.15) is 5.76 Å². The third-order valence-corrected chi connectivity index (χ3v) is 3.36. The zero-order valence-corrected chi connectivity index (χ0v) is 10.2. The van der Waals surface area contributed by atoms with Crippen LogP contribution in [0.3, 0.4) is 0 Å². The van der Waals surface area contributed by atoms with Gasteiger partial charge in [-0.25, -0.2) is 0 Å². The van der Waals surface area contributed by atoms with E-state index in [-0.39, 0.29) is 12.3 Å². The van der Waals surface area contributed by atoms with Gasteiger partial charge >= 0.3 is 0 Å². The number of hydrogen-bond acceptors (Lipinski definition) is 3. The Kier molecular flexibility index (Phi) is 2.54. The molecule has 2 aromatic rings. The summed E-state index contributed by atoms with van der Waals surface area (Å²) >= 11 is 0. The van der Waals surface area contributed by atoms with E-state index in [0.29, 0.717) is 5.57 Å². The number of amides is 1. The minimum Gasteiger partial charge on any atom is -0.465 e. The molecule has 1 aliphatic heterocycles. The van der Waals surface area contributed by atoms with Gasteiger partial charge < -0.3 is 14.4 Å². The summed E-state index contributed by atoms with van der Waals surface area (Å²) in [5.74, 6) is -0.223. The van der Waals surface area contributed by atoms with Gasteiger partial charge in [-0.2, -0.15) is 0 Å². The summed E-state index contributed by atoms with van der Waals surface area (Å²) in [7, 11) is 0. The number of rotatable bonds is 2. The SMILES string of the molecule is C=C1CN(c2ccccc2)C(=O)C1(O)c1ccco1. The van der Waals surface area contributed by atoms with Crippen molar-refractivity contribution in [1.29, 1.82) is 0 Å². The lowest BCUT2D eigenvalue weighted by atomic mass is 9.95. The van der Waals surface area contributed by atoms with Crippen LogP contribution in [0.2, 0.25) is 0 Å². The van der Waals surface area contributed by atoms with Gasteiger partial charge in [0.15, 0.2) is 0 Å². The molecule has 96 valence electrons. The molecule has 1 aromatic carbocycles. The van der Waals surface area contributed by atoms with Crippen LogP contribution in [-0.4, -0.2) is 17.6 Å². The van der Waals surface area contributed by atoms with Gasteiger partial charge in [-0.1, -0.05) is 24.8 Å². The van der Waals surface area contributed by atoms with Crippen LogP contribution in [0.5, 0.6) is 0 Å². The normalized spacial score (nSPS) is 23.1. The fourth-order valence-electron chi connectivity index (χ4n) is 2.30. The zero-order chi connectivity index (χ0) is 13.5. The number of anilines is 1. The largest absolute Gasteiger partial charge is 0.465 e. The Labute approximate surface area is 110 Å². The Bertz CT molecular complexity index is 618. The standard InChI is InChI=1S/C15H13NO3/c1-11-10-16(12-6-3-2-4-7-12)14(17)15(11,18)13-8-5-9-19-13/h2-9,18H,1,10H2. The maximum absolute atomic E-state index is 12.5. The summed E-state index contributed by atoms with van der Waals surface area (Å²) in [6.07, 6.45) is 1.43. The van der Waals surface area contributed by atoms with Crippen LogP contribution in [0, 0.1) is 0 Å². The maximum Gasteiger partial charge on any atom is 0.271 e. The second-order valence-corrected chi connectivity index (χ2v) is 4.52. The molecule has 1 unspecified atom stereocenters. The molecule has 1 fully saturated rings. The van der Waals surface area contributed by atoms with Gasteiger partial charge in [0.25, 0.3) is 5.91 Å². The van der Waals surface area contributed by atoms with Gasteiger partial charge in [0.2, 0.25) is 5.60 Å². The van der Waals surface area contributed by atoms with Crippen molar-refractivity contribution < 1.29 is 14.3 Å². The number of carbonyl (C=O) groups is 1. The summed E-state index contributed by atoms with van der Waals surface area (Å²) in [4.78, 5) is 14.0. The Morgan fingerprint density at radius 1 is 1.21 bits per heavy atom. The smallest absolute Gasteiger partial charge is 0.271 e. The summed E-state index contributed by atoms with van der Waals surface area (Å²) in [5, 5.41) is 10.6. The van der Waals surface area contributed by atoms with Crippen molar-refractivity contribution in [1.82, 2.24) is 0 Å². The molecule has 0 saturated carbocycles. The average Bonchev–Trinajstić information content (AvgIpc) is 3.04. The maximum atomic E-state index is 12.5. The van der Waals surface area contributed by atoms with E-state index < -0.39 is 11.5 Å². The van der Waals surface area contributed by atoms with E-state index in [1.54, 1.807) is 12.1 Å². The minimum absolute atomic E-state index is 0.209. The minimum atomic E-state index is -1.76. The summed E-state index contributed by atoms with van der Waals surface area (Å²) < 4.78 is 5.19. The van der Waals surface area contributed by atoms with Gasteiger partial charge in [-0.3, -0.25) is 4.79 Å². The molecule has 1 saturated heterocycles. The first kappa shape index (κ1) is 11.7. The number of nitrogens with zero attached hydrogens (tertiary/aromatic N) is 1. The van der Waals surface area contributed by atoms with Crippen molar-refractivity contribution in [2.24, 2.45) is 0 Å². The molecule has 0 radical (unpaired) electrons. The highest BCUT2D eigenvalue weighted by Gasteiger charge is 2.52. The van der Waals surface area contributed by atoms with Crippen molar-refractivity contribution in [3.8, 4) is 0 Å². The molecule has 1 atom stereocenters. The van der Waals surface area contributed by atoms with Crippen LogP contribution in [0.25, 0.3) is 0 Å². The number of furan rings is 1. The molecule has 3 rings (SSSR count). The highest BCUT2D eigenvalue weighted by molar-refractivity contribution is 6.05. The Balaban J connectivity index is 2.03. The lowest BCUT2D eigenvalue weighted by Gasteiger charge is -2.20. The van der Waals surface area contributed by atoms with Crippen LogP contribution in [-0.2, 0) is 10.4 Å². The molecule has 1 N–H and O–H groups in total. The quantitative estimate of drug-likeness (QED) is 0.836. The van der Waals surface area contributed by atoms with Gasteiger partial charge in [-0.05, 0) is 29.8 Å². The zero-order valence-electron chi connectivity index (χ0n) is 10.2. The molecular formula is C15H13NO3. The van der Waals surface area contributed by atoms with Crippen LogP contribution < -0.4 is 4.90 Å². The van der Waals surface area contributed by atoms with Crippen LogP contribution in [0.4, 0.5) is 5.69 Å². The summed E-state index contributed by atoms with van der Waals surface area (Å²) in [5.41, 5.74) is -0.619. The monoisotopic (exact) mass is 255 g/mol. The fraction of sp³-hybridized carbons (Fsp3) is 0.133. The van der Waals surface area contributed by atoms with E-state index >= 15 is 0 Å². The van der Waals surface area contributed by atoms with E-state index in [1.165, 1.54) is 11.2 Å². The Morgan fingerprint density at radius 2 is 1.95 bits per heavy atom. The van der Waals surface area contributed by atoms with E-state index in [0.717, 1.165) is 5.69 Å². The molecule has 1 aromatic heterocycles. The number of aliphatic hydroxyl groups is 1. The molecule has 0 aliphatic carbocycles. The third kappa shape index (κ3) is 1.61. The van der Waals surface area contributed by atoms with Gasteiger partial charge in [-0.15, -0.1) is 0 Å². The van der Waals surface area contributed by atoms with E-state index in [9.17, 15) is 9.90 Å². The molecular weight excluding hydrogens is 242 g/mol. The van der Waals surface area contributed by atoms with Gasteiger partial charge in [0, 0.05) is 5.69 Å². The van der Waals surface area contributed by atoms with E-state index in [1.807, 2.05) is 30.3 Å². The number of benzene rings is 1. The highest BCUT2D eigenvalue weighted by Crippen LogP contribution is 2.39. The van der Waals surface area contributed by atoms with Crippen molar-refractivity contribution in [3.05, 3.63) is 66.6 Å². The molecule has 1 aliphatic rings. The first-order valence-corrected chi connectivity index (χ1v) is 5.95. The molecule has 1 amide bonds. The fourth-order valence-corrected chi connectivity index (χ4v) is 2.30. The Hall–Kier alpha value is -2.33. The average molecular weight is 255 g/mol. The molecule has 2 heterocycles. The molecule has 0 spiro atoms. The lowest BCUT2D eigenvalue weighted by Crippen LogP contribution is -2.38. The van der Waals surface area contributed by atoms with Crippen molar-refractivity contribution >= 4 is 11.6 Å². The molecule has 19 heavy (non-hydrogen) atoms. The second kappa shape index (κ2) is 4.10. The first-order valence-electron chi connectivity index (χ1n) is 5.95. The lowest BCUT2D eigenvalue weighted by molar-refractivity contribution is -0.132. The number of hydrogen-bond donors (Lipinski definition) is 1.